The monoisotopic (exact) mass is 448 g/mol. The van der Waals surface area contributed by atoms with Crippen LogP contribution in [0.4, 0.5) is 4.79 Å². The summed E-state index contributed by atoms with van der Waals surface area (Å²) in [7, 11) is 3.86. The maximum atomic E-state index is 11.5. The molecule has 0 saturated heterocycles. The van der Waals surface area contributed by atoms with E-state index in [1.165, 1.54) is 0 Å². The molecule has 0 fully saturated rings. The fraction of sp³-hybridized carbons (Fsp3) is 0.529. The van der Waals surface area contributed by atoms with Crippen LogP contribution in [0.1, 0.15) is 26.3 Å². The number of nitrogens with one attached hydrogen (secondary N) is 2. The molecule has 1 rings (SSSR count). The molecule has 136 valence electrons. The summed E-state index contributed by atoms with van der Waals surface area (Å²) in [6, 6.07) is 10.1. The van der Waals surface area contributed by atoms with E-state index in [2.05, 4.69) is 15.6 Å². The molecule has 0 aromatic heterocycles. The van der Waals surface area contributed by atoms with Crippen LogP contribution in [0.3, 0.4) is 0 Å². The Morgan fingerprint density at radius 2 is 1.71 bits per heavy atom. The van der Waals surface area contributed by atoms with Crippen LogP contribution in [-0.4, -0.2) is 49.7 Å². The van der Waals surface area contributed by atoms with Gasteiger partial charge in [0.05, 0.1) is 6.54 Å². The van der Waals surface area contributed by atoms with Gasteiger partial charge in [-0.3, -0.25) is 0 Å². The standard InChI is InChI=1S/C17H28N4O2.HI/c1-17(2,3)23-16(22)19-12-11-18-15(21(4)5)20-13-14-9-7-6-8-10-14;/h6-10H,11-13H2,1-5H3,(H,18,20)(H,19,22);1H. The van der Waals surface area contributed by atoms with Crippen molar-refractivity contribution < 1.29 is 9.53 Å². The van der Waals surface area contributed by atoms with E-state index in [9.17, 15) is 4.79 Å². The molecule has 0 atom stereocenters. The quantitative estimate of drug-likeness (QED) is 0.315. The minimum atomic E-state index is -0.483. The Bertz CT molecular complexity index is 513. The first-order valence-corrected chi connectivity index (χ1v) is 7.74. The van der Waals surface area contributed by atoms with Crippen LogP contribution in [-0.2, 0) is 11.3 Å². The number of carbonyl (C=O) groups excluding carboxylic acids is 1. The highest BCUT2D eigenvalue weighted by atomic mass is 127. The van der Waals surface area contributed by atoms with Gasteiger partial charge in [-0.15, -0.1) is 24.0 Å². The normalized spacial score (nSPS) is 11.3. The number of rotatable bonds is 5. The van der Waals surface area contributed by atoms with Crippen molar-refractivity contribution in [2.24, 2.45) is 4.99 Å². The molecule has 2 N–H and O–H groups in total. The van der Waals surface area contributed by atoms with Crippen molar-refractivity contribution in [3.8, 4) is 0 Å². The average Bonchev–Trinajstić information content (AvgIpc) is 2.45. The lowest BCUT2D eigenvalue weighted by molar-refractivity contribution is 0.0529. The zero-order valence-corrected chi connectivity index (χ0v) is 17.5. The molecule has 1 amide bonds. The van der Waals surface area contributed by atoms with Crippen LogP contribution in [0, 0.1) is 0 Å². The third kappa shape index (κ3) is 10.3. The molecule has 1 aromatic carbocycles. The van der Waals surface area contributed by atoms with Crippen molar-refractivity contribution >= 4 is 36.0 Å². The third-order valence-corrected chi connectivity index (χ3v) is 2.75. The van der Waals surface area contributed by atoms with E-state index in [1.54, 1.807) is 0 Å². The number of hydrogen-bond donors (Lipinski definition) is 2. The molecule has 0 radical (unpaired) electrons. The van der Waals surface area contributed by atoms with Gasteiger partial charge in [-0.25, -0.2) is 9.79 Å². The molecule has 24 heavy (non-hydrogen) atoms. The lowest BCUT2D eigenvalue weighted by Crippen LogP contribution is -2.42. The molecule has 7 heteroatoms. The van der Waals surface area contributed by atoms with Crippen molar-refractivity contribution in [1.29, 1.82) is 0 Å². The molecule has 0 spiro atoms. The van der Waals surface area contributed by atoms with Gasteiger partial charge in [-0.05, 0) is 26.3 Å². The Morgan fingerprint density at radius 3 is 2.25 bits per heavy atom. The SMILES string of the molecule is CN(C)C(=NCc1ccccc1)NCCNC(=O)OC(C)(C)C.I. The predicted octanol–water partition coefficient (Wildman–Crippen LogP) is 2.84. The summed E-state index contributed by atoms with van der Waals surface area (Å²) in [5, 5.41) is 5.92. The second kappa shape index (κ2) is 11.1. The average molecular weight is 448 g/mol. The highest BCUT2D eigenvalue weighted by molar-refractivity contribution is 14.0. The van der Waals surface area contributed by atoms with E-state index >= 15 is 0 Å². The molecule has 0 aliphatic carbocycles. The van der Waals surface area contributed by atoms with Crippen molar-refractivity contribution in [2.45, 2.75) is 32.9 Å². The van der Waals surface area contributed by atoms with Crippen molar-refractivity contribution in [2.75, 3.05) is 27.2 Å². The van der Waals surface area contributed by atoms with Crippen LogP contribution in [0.5, 0.6) is 0 Å². The van der Waals surface area contributed by atoms with Crippen molar-refractivity contribution in [3.05, 3.63) is 35.9 Å². The molecule has 0 heterocycles. The first-order chi connectivity index (χ1) is 10.8. The number of halogens is 1. The van der Waals surface area contributed by atoms with Crippen LogP contribution in [0.25, 0.3) is 0 Å². The summed E-state index contributed by atoms with van der Waals surface area (Å²) in [5.74, 6) is 0.778. The van der Waals surface area contributed by atoms with Gasteiger partial charge in [0.15, 0.2) is 5.96 Å². The molecule has 0 aliphatic heterocycles. The minimum absolute atomic E-state index is 0. The van der Waals surface area contributed by atoms with Gasteiger partial charge >= 0.3 is 6.09 Å². The highest BCUT2D eigenvalue weighted by Gasteiger charge is 2.15. The lowest BCUT2D eigenvalue weighted by atomic mass is 10.2. The van der Waals surface area contributed by atoms with E-state index in [-0.39, 0.29) is 24.0 Å². The molecule has 0 saturated carbocycles. The van der Waals surface area contributed by atoms with Gasteiger partial charge < -0.3 is 20.3 Å². The van der Waals surface area contributed by atoms with Gasteiger partial charge in [-0.2, -0.15) is 0 Å². The number of nitrogens with zero attached hydrogens (tertiary/aromatic N) is 2. The van der Waals surface area contributed by atoms with Gasteiger partial charge in [0.1, 0.15) is 5.60 Å². The van der Waals surface area contributed by atoms with Gasteiger partial charge in [-0.1, -0.05) is 30.3 Å². The summed E-state index contributed by atoms with van der Waals surface area (Å²) in [5.41, 5.74) is 0.671. The van der Waals surface area contributed by atoms with E-state index in [4.69, 9.17) is 4.74 Å². The fourth-order valence-electron chi connectivity index (χ4n) is 1.76. The van der Waals surface area contributed by atoms with Crippen LogP contribution < -0.4 is 10.6 Å². The lowest BCUT2D eigenvalue weighted by Gasteiger charge is -2.20. The first-order valence-electron chi connectivity index (χ1n) is 7.74. The van der Waals surface area contributed by atoms with E-state index < -0.39 is 11.7 Å². The first kappa shape index (κ1) is 22.5. The summed E-state index contributed by atoms with van der Waals surface area (Å²) < 4.78 is 5.18. The van der Waals surface area contributed by atoms with Crippen molar-refractivity contribution in [3.63, 3.8) is 0 Å². The topological polar surface area (TPSA) is 66.0 Å². The van der Waals surface area contributed by atoms with Crippen LogP contribution in [0.15, 0.2) is 35.3 Å². The summed E-state index contributed by atoms with van der Waals surface area (Å²) in [6.07, 6.45) is -0.410. The molecular formula is C17H29IN4O2. The number of aliphatic imine (C=N–C) groups is 1. The Labute approximate surface area is 162 Å². The highest BCUT2D eigenvalue weighted by Crippen LogP contribution is 2.06. The van der Waals surface area contributed by atoms with E-state index in [0.29, 0.717) is 19.6 Å². The van der Waals surface area contributed by atoms with Gasteiger partial charge in [0, 0.05) is 27.2 Å². The largest absolute Gasteiger partial charge is 0.444 e. The summed E-state index contributed by atoms with van der Waals surface area (Å²) >= 11 is 0. The Morgan fingerprint density at radius 1 is 1.12 bits per heavy atom. The molecule has 0 bridgehead atoms. The smallest absolute Gasteiger partial charge is 0.407 e. The number of carbonyl (C=O) groups is 1. The summed E-state index contributed by atoms with van der Waals surface area (Å²) in [6.45, 7) is 7.17. The second-order valence-electron chi connectivity index (χ2n) is 6.38. The Kier molecular flexibility index (Phi) is 10.4. The van der Waals surface area contributed by atoms with Gasteiger partial charge in [0.25, 0.3) is 0 Å². The van der Waals surface area contributed by atoms with E-state index in [0.717, 1.165) is 11.5 Å². The predicted molar refractivity (Wildman–Crippen MR) is 109 cm³/mol. The van der Waals surface area contributed by atoms with Crippen LogP contribution >= 0.6 is 24.0 Å². The number of hydrogen-bond acceptors (Lipinski definition) is 3. The van der Waals surface area contributed by atoms with Crippen LogP contribution in [0.2, 0.25) is 0 Å². The zero-order chi connectivity index (χ0) is 17.3. The molecular weight excluding hydrogens is 419 g/mol. The molecule has 1 aromatic rings. The summed E-state index contributed by atoms with van der Waals surface area (Å²) in [4.78, 5) is 18.0. The number of alkyl carbamates (subject to hydrolysis) is 1. The maximum Gasteiger partial charge on any atom is 0.407 e. The second-order valence-corrected chi connectivity index (χ2v) is 6.38. The van der Waals surface area contributed by atoms with Gasteiger partial charge in [0.2, 0.25) is 0 Å². The van der Waals surface area contributed by atoms with Crippen molar-refractivity contribution in [1.82, 2.24) is 15.5 Å². The zero-order valence-electron chi connectivity index (χ0n) is 15.1. The number of ether oxygens (including phenoxy) is 1. The molecule has 6 nitrogen and oxygen atoms in total. The number of benzene rings is 1. The molecule has 0 unspecified atom stereocenters. The number of amides is 1. The maximum absolute atomic E-state index is 11.5. The third-order valence-electron chi connectivity index (χ3n) is 2.75. The minimum Gasteiger partial charge on any atom is -0.444 e. The Hall–Kier alpha value is -1.51. The number of guanidine groups is 1. The molecule has 0 aliphatic rings. The van der Waals surface area contributed by atoms with E-state index in [1.807, 2.05) is 70.1 Å². The Balaban J connectivity index is 0.00000529. The fourth-order valence-corrected chi connectivity index (χ4v) is 1.76.